The van der Waals surface area contributed by atoms with E-state index in [2.05, 4.69) is 27.9 Å². The Labute approximate surface area is 128 Å². The van der Waals surface area contributed by atoms with Crippen molar-refractivity contribution >= 4 is 28.5 Å². The van der Waals surface area contributed by atoms with Crippen molar-refractivity contribution in [3.63, 3.8) is 0 Å². The minimum Gasteiger partial charge on any atom is -0.490 e. The summed E-state index contributed by atoms with van der Waals surface area (Å²) in [7, 11) is 3.95. The minimum atomic E-state index is -0.0890. The van der Waals surface area contributed by atoms with Gasteiger partial charge in [0.05, 0.1) is 11.7 Å². The fourth-order valence-corrected chi connectivity index (χ4v) is 1.99. The van der Waals surface area contributed by atoms with Crippen molar-refractivity contribution in [2.45, 2.75) is 20.0 Å². The Balaban J connectivity index is 2.77. The first-order valence-electron chi connectivity index (χ1n) is 6.29. The minimum absolute atomic E-state index is 0.0477. The number of amides is 1. The average molecular weight is 376 g/mol. The maximum absolute atomic E-state index is 12.1. The van der Waals surface area contributed by atoms with E-state index in [4.69, 9.17) is 4.74 Å². The maximum Gasteiger partial charge on any atom is 0.255 e. The van der Waals surface area contributed by atoms with E-state index in [1.54, 1.807) is 0 Å². The molecule has 1 aromatic carbocycles. The molecule has 1 amide bonds. The first kappa shape index (κ1) is 16.2. The SMILES string of the molecule is CC(C)Oc1cc(I)ccc1C(=O)NCCN(C)C. The number of carbonyl (C=O) groups excluding carboxylic acids is 1. The van der Waals surface area contributed by atoms with E-state index in [0.29, 0.717) is 17.9 Å². The molecular weight excluding hydrogens is 355 g/mol. The number of hydrogen-bond donors (Lipinski definition) is 1. The number of ether oxygens (including phenoxy) is 1. The van der Waals surface area contributed by atoms with Crippen LogP contribution in [0.4, 0.5) is 0 Å². The van der Waals surface area contributed by atoms with Gasteiger partial charge in [0.15, 0.2) is 0 Å². The monoisotopic (exact) mass is 376 g/mol. The van der Waals surface area contributed by atoms with Crippen molar-refractivity contribution in [3.05, 3.63) is 27.3 Å². The molecule has 0 saturated carbocycles. The van der Waals surface area contributed by atoms with Crippen molar-refractivity contribution in [1.29, 1.82) is 0 Å². The first-order chi connectivity index (χ1) is 8.90. The van der Waals surface area contributed by atoms with Crippen LogP contribution in [-0.2, 0) is 0 Å². The molecule has 0 bridgehead atoms. The maximum atomic E-state index is 12.1. The Morgan fingerprint density at radius 1 is 1.42 bits per heavy atom. The molecular formula is C14H21IN2O2. The summed E-state index contributed by atoms with van der Waals surface area (Å²) in [5, 5.41) is 2.90. The highest BCUT2D eigenvalue weighted by atomic mass is 127. The molecule has 0 aliphatic rings. The van der Waals surface area contributed by atoms with Gasteiger partial charge in [0.25, 0.3) is 5.91 Å². The fourth-order valence-electron chi connectivity index (χ4n) is 1.52. The summed E-state index contributed by atoms with van der Waals surface area (Å²) in [6.07, 6.45) is 0.0477. The second-order valence-corrected chi connectivity index (χ2v) is 6.11. The third kappa shape index (κ3) is 5.78. The van der Waals surface area contributed by atoms with Crippen LogP contribution in [0, 0.1) is 3.57 Å². The lowest BCUT2D eigenvalue weighted by molar-refractivity contribution is 0.0945. The van der Waals surface area contributed by atoms with Gasteiger partial charge in [0.1, 0.15) is 5.75 Å². The highest BCUT2D eigenvalue weighted by Crippen LogP contribution is 2.22. The summed E-state index contributed by atoms with van der Waals surface area (Å²) < 4.78 is 6.75. The number of likely N-dealkylation sites (N-methyl/N-ethyl adjacent to an activating group) is 1. The van der Waals surface area contributed by atoms with Crippen molar-refractivity contribution < 1.29 is 9.53 Å². The standard InChI is InChI=1S/C14H21IN2O2/c1-10(2)19-13-9-11(15)5-6-12(13)14(18)16-7-8-17(3)4/h5-6,9-10H,7-8H2,1-4H3,(H,16,18). The smallest absolute Gasteiger partial charge is 0.255 e. The van der Waals surface area contributed by atoms with E-state index in [9.17, 15) is 4.79 Å². The molecule has 0 spiro atoms. The van der Waals surface area contributed by atoms with Crippen LogP contribution >= 0.6 is 22.6 Å². The van der Waals surface area contributed by atoms with Crippen molar-refractivity contribution in [2.75, 3.05) is 27.2 Å². The lowest BCUT2D eigenvalue weighted by Crippen LogP contribution is -2.31. The summed E-state index contributed by atoms with van der Waals surface area (Å²) in [6, 6.07) is 5.61. The molecule has 106 valence electrons. The highest BCUT2D eigenvalue weighted by molar-refractivity contribution is 14.1. The predicted molar refractivity (Wildman–Crippen MR) is 85.8 cm³/mol. The van der Waals surface area contributed by atoms with Crippen LogP contribution in [0.2, 0.25) is 0 Å². The number of carbonyl (C=O) groups is 1. The van der Waals surface area contributed by atoms with Crippen LogP contribution in [0.3, 0.4) is 0 Å². The van der Waals surface area contributed by atoms with E-state index in [1.165, 1.54) is 0 Å². The molecule has 0 radical (unpaired) electrons. The summed E-state index contributed by atoms with van der Waals surface area (Å²) in [4.78, 5) is 14.2. The number of nitrogens with one attached hydrogen (secondary N) is 1. The Morgan fingerprint density at radius 3 is 2.68 bits per heavy atom. The van der Waals surface area contributed by atoms with E-state index < -0.39 is 0 Å². The van der Waals surface area contributed by atoms with Gasteiger partial charge in [-0.25, -0.2) is 0 Å². The number of benzene rings is 1. The molecule has 4 nitrogen and oxygen atoms in total. The van der Waals surface area contributed by atoms with Crippen LogP contribution in [0.5, 0.6) is 5.75 Å². The zero-order chi connectivity index (χ0) is 14.4. The number of rotatable bonds is 6. The van der Waals surface area contributed by atoms with Gasteiger partial charge in [-0.3, -0.25) is 4.79 Å². The molecule has 0 fully saturated rings. The second-order valence-electron chi connectivity index (χ2n) is 4.87. The van der Waals surface area contributed by atoms with Crippen molar-refractivity contribution in [3.8, 4) is 5.75 Å². The molecule has 0 atom stereocenters. The lowest BCUT2D eigenvalue weighted by atomic mass is 10.2. The van der Waals surface area contributed by atoms with Gasteiger partial charge in [0, 0.05) is 16.7 Å². The van der Waals surface area contributed by atoms with Gasteiger partial charge >= 0.3 is 0 Å². The fraction of sp³-hybridized carbons (Fsp3) is 0.500. The zero-order valence-electron chi connectivity index (χ0n) is 11.9. The quantitative estimate of drug-likeness (QED) is 0.776. The van der Waals surface area contributed by atoms with Gasteiger partial charge in [-0.2, -0.15) is 0 Å². The third-order valence-corrected chi connectivity index (χ3v) is 3.07. The highest BCUT2D eigenvalue weighted by Gasteiger charge is 2.13. The van der Waals surface area contributed by atoms with E-state index in [0.717, 1.165) is 10.1 Å². The van der Waals surface area contributed by atoms with Crippen LogP contribution in [0.25, 0.3) is 0 Å². The van der Waals surface area contributed by atoms with E-state index >= 15 is 0 Å². The van der Waals surface area contributed by atoms with Gasteiger partial charge in [-0.05, 0) is 68.7 Å². The molecule has 5 heteroatoms. The number of nitrogens with zero attached hydrogens (tertiary/aromatic N) is 1. The van der Waals surface area contributed by atoms with Gasteiger partial charge < -0.3 is 15.0 Å². The Morgan fingerprint density at radius 2 is 2.11 bits per heavy atom. The molecule has 0 aliphatic heterocycles. The van der Waals surface area contributed by atoms with Crippen molar-refractivity contribution in [1.82, 2.24) is 10.2 Å². The van der Waals surface area contributed by atoms with Gasteiger partial charge in [0.2, 0.25) is 0 Å². The largest absolute Gasteiger partial charge is 0.490 e. The normalized spacial score (nSPS) is 10.9. The molecule has 1 rings (SSSR count). The molecule has 0 saturated heterocycles. The summed E-state index contributed by atoms with van der Waals surface area (Å²) in [5.41, 5.74) is 0.591. The zero-order valence-corrected chi connectivity index (χ0v) is 14.0. The molecule has 0 heterocycles. The van der Waals surface area contributed by atoms with Crippen molar-refractivity contribution in [2.24, 2.45) is 0 Å². The molecule has 0 unspecified atom stereocenters. The lowest BCUT2D eigenvalue weighted by Gasteiger charge is -2.15. The molecule has 19 heavy (non-hydrogen) atoms. The van der Waals surface area contributed by atoms with E-state index in [1.807, 2.05) is 51.0 Å². The molecule has 1 aromatic rings. The Kier molecular flexibility index (Phi) is 6.57. The second kappa shape index (κ2) is 7.69. The molecule has 0 aromatic heterocycles. The summed E-state index contributed by atoms with van der Waals surface area (Å²) in [5.74, 6) is 0.554. The topological polar surface area (TPSA) is 41.6 Å². The first-order valence-corrected chi connectivity index (χ1v) is 7.37. The number of hydrogen-bond acceptors (Lipinski definition) is 3. The average Bonchev–Trinajstić information content (AvgIpc) is 2.27. The van der Waals surface area contributed by atoms with Gasteiger partial charge in [-0.15, -0.1) is 0 Å². The van der Waals surface area contributed by atoms with E-state index in [-0.39, 0.29) is 12.0 Å². The Bertz CT molecular complexity index is 433. The summed E-state index contributed by atoms with van der Waals surface area (Å²) in [6.45, 7) is 5.34. The van der Waals surface area contributed by atoms with Crippen LogP contribution in [0.1, 0.15) is 24.2 Å². The number of halogens is 1. The summed E-state index contributed by atoms with van der Waals surface area (Å²) >= 11 is 2.21. The third-order valence-electron chi connectivity index (χ3n) is 2.40. The predicted octanol–water partition coefficient (Wildman–Crippen LogP) is 2.37. The van der Waals surface area contributed by atoms with Crippen LogP contribution in [-0.4, -0.2) is 44.1 Å². The molecule has 1 N–H and O–H groups in total. The molecule has 0 aliphatic carbocycles. The van der Waals surface area contributed by atoms with Crippen LogP contribution < -0.4 is 10.1 Å². The Hall–Kier alpha value is -0.820. The van der Waals surface area contributed by atoms with Crippen LogP contribution in [0.15, 0.2) is 18.2 Å². The van der Waals surface area contributed by atoms with Gasteiger partial charge in [-0.1, -0.05) is 0 Å².